The number of sulfone groups is 1. The van der Waals surface area contributed by atoms with Gasteiger partial charge in [0.2, 0.25) is 0 Å². The van der Waals surface area contributed by atoms with Crippen molar-refractivity contribution in [1.29, 1.82) is 0 Å². The summed E-state index contributed by atoms with van der Waals surface area (Å²) in [6.07, 6.45) is -3.37. The molecule has 2 aromatic rings. The quantitative estimate of drug-likeness (QED) is 0.805. The fraction of sp³-hybridized carbons (Fsp3) is 0.273. The molecule has 0 saturated heterocycles. The molecule has 0 aliphatic heterocycles. The molecule has 0 spiro atoms. The van der Waals surface area contributed by atoms with Gasteiger partial charge >= 0.3 is 6.18 Å². The van der Waals surface area contributed by atoms with Crippen LogP contribution in [0.5, 0.6) is 0 Å². The summed E-state index contributed by atoms with van der Waals surface area (Å²) in [7, 11) is -3.41. The number of halogens is 3. The van der Waals surface area contributed by atoms with E-state index in [4.69, 9.17) is 0 Å². The Morgan fingerprint density at radius 2 is 1.83 bits per heavy atom. The maximum absolute atomic E-state index is 12.6. The Morgan fingerprint density at radius 3 is 2.33 bits per heavy atom. The number of rotatable bonds is 1. The summed E-state index contributed by atoms with van der Waals surface area (Å²) >= 11 is 0.995. The monoisotopic (exact) mass is 294 g/mol. The fourth-order valence-corrected chi connectivity index (χ4v) is 4.19. The lowest BCUT2D eigenvalue weighted by Gasteiger charge is -2.06. The van der Waals surface area contributed by atoms with E-state index in [-0.39, 0.29) is 4.21 Å². The minimum Gasteiger partial charge on any atom is -0.223 e. The van der Waals surface area contributed by atoms with Gasteiger partial charge in [0.1, 0.15) is 4.21 Å². The smallest absolute Gasteiger partial charge is 0.223 e. The molecule has 1 aromatic carbocycles. The first-order valence-corrected chi connectivity index (χ1v) is 7.62. The minimum absolute atomic E-state index is 0.122. The van der Waals surface area contributed by atoms with Crippen molar-refractivity contribution in [2.24, 2.45) is 0 Å². The van der Waals surface area contributed by atoms with Crippen LogP contribution in [0.2, 0.25) is 0 Å². The van der Waals surface area contributed by atoms with E-state index in [0.29, 0.717) is 15.6 Å². The first-order valence-electron chi connectivity index (χ1n) is 4.91. The lowest BCUT2D eigenvalue weighted by molar-refractivity contribution is -0.137. The fourth-order valence-electron chi connectivity index (χ4n) is 1.73. The topological polar surface area (TPSA) is 34.1 Å². The third kappa shape index (κ3) is 2.24. The molecule has 0 aliphatic carbocycles. The Hall–Kier alpha value is -1.08. The molecule has 0 fully saturated rings. The molecule has 0 amide bonds. The molecule has 0 unspecified atom stereocenters. The lowest BCUT2D eigenvalue weighted by atomic mass is 10.1. The molecule has 98 valence electrons. The van der Waals surface area contributed by atoms with E-state index in [2.05, 4.69) is 0 Å². The summed E-state index contributed by atoms with van der Waals surface area (Å²) in [5, 5.41) is 0.343. The van der Waals surface area contributed by atoms with E-state index in [1.807, 2.05) is 0 Å². The van der Waals surface area contributed by atoms with Crippen LogP contribution in [0.3, 0.4) is 0 Å². The molecule has 1 heterocycles. The summed E-state index contributed by atoms with van der Waals surface area (Å²) in [5.74, 6) is 0. The highest BCUT2D eigenvalue weighted by Crippen LogP contribution is 2.38. The highest BCUT2D eigenvalue weighted by Gasteiger charge is 2.31. The van der Waals surface area contributed by atoms with Crippen molar-refractivity contribution in [3.63, 3.8) is 0 Å². The zero-order valence-corrected chi connectivity index (χ0v) is 11.1. The van der Waals surface area contributed by atoms with Crippen molar-refractivity contribution in [2.45, 2.75) is 17.3 Å². The van der Waals surface area contributed by atoms with Crippen LogP contribution >= 0.6 is 11.3 Å². The standard InChI is InChI=1S/C11H9F3O2S2/c1-6-8-5-7(11(12,13)14)3-4-9(8)17-10(6)18(2,15)16/h3-5H,1-2H3. The second-order valence-corrected chi connectivity index (χ2v) is 7.26. The number of aryl methyl sites for hydroxylation is 1. The van der Waals surface area contributed by atoms with Gasteiger partial charge in [-0.25, -0.2) is 8.42 Å². The van der Waals surface area contributed by atoms with Crippen molar-refractivity contribution >= 4 is 31.3 Å². The van der Waals surface area contributed by atoms with Crippen molar-refractivity contribution in [2.75, 3.05) is 6.26 Å². The summed E-state index contributed by atoms with van der Waals surface area (Å²) in [6.45, 7) is 1.52. The predicted octanol–water partition coefficient (Wildman–Crippen LogP) is 3.63. The first kappa shape index (κ1) is 13.4. The molecule has 0 atom stereocenters. The molecule has 1 aromatic heterocycles. The average molecular weight is 294 g/mol. The predicted molar refractivity (Wildman–Crippen MR) is 64.7 cm³/mol. The Kier molecular flexibility index (Phi) is 2.94. The van der Waals surface area contributed by atoms with Gasteiger partial charge in [-0.2, -0.15) is 13.2 Å². The van der Waals surface area contributed by atoms with Crippen LogP contribution in [0.1, 0.15) is 11.1 Å². The van der Waals surface area contributed by atoms with Gasteiger partial charge in [0, 0.05) is 11.0 Å². The van der Waals surface area contributed by atoms with Gasteiger partial charge in [0.05, 0.1) is 5.56 Å². The van der Waals surface area contributed by atoms with Crippen LogP contribution in [0.15, 0.2) is 22.4 Å². The van der Waals surface area contributed by atoms with Gasteiger partial charge < -0.3 is 0 Å². The minimum atomic E-state index is -4.42. The molecule has 0 radical (unpaired) electrons. The largest absolute Gasteiger partial charge is 0.416 e. The van der Waals surface area contributed by atoms with E-state index < -0.39 is 21.6 Å². The zero-order valence-electron chi connectivity index (χ0n) is 9.50. The number of benzene rings is 1. The van der Waals surface area contributed by atoms with E-state index in [1.54, 1.807) is 0 Å². The maximum Gasteiger partial charge on any atom is 0.416 e. The summed E-state index contributed by atoms with van der Waals surface area (Å²) in [6, 6.07) is 3.27. The van der Waals surface area contributed by atoms with Crippen molar-refractivity contribution < 1.29 is 21.6 Å². The average Bonchev–Trinajstić information content (AvgIpc) is 2.54. The summed E-state index contributed by atoms with van der Waals surface area (Å²) < 4.78 is 61.4. The summed E-state index contributed by atoms with van der Waals surface area (Å²) in [4.78, 5) is 0. The van der Waals surface area contributed by atoms with Gasteiger partial charge in [-0.3, -0.25) is 0 Å². The molecule has 0 N–H and O–H groups in total. The second-order valence-electron chi connectivity index (χ2n) is 4.00. The van der Waals surface area contributed by atoms with Gasteiger partial charge in [-0.05, 0) is 36.1 Å². The Morgan fingerprint density at radius 1 is 1.22 bits per heavy atom. The van der Waals surface area contributed by atoms with Gasteiger partial charge in [-0.1, -0.05) is 0 Å². The Bertz CT molecular complexity index is 712. The van der Waals surface area contributed by atoms with Crippen molar-refractivity contribution in [3.05, 3.63) is 29.3 Å². The number of hydrogen-bond acceptors (Lipinski definition) is 3. The second kappa shape index (κ2) is 3.96. The van der Waals surface area contributed by atoms with Crippen molar-refractivity contribution in [1.82, 2.24) is 0 Å². The Labute approximate surface area is 106 Å². The number of hydrogen-bond donors (Lipinski definition) is 0. The highest BCUT2D eigenvalue weighted by atomic mass is 32.2. The zero-order chi connectivity index (χ0) is 13.7. The molecule has 2 rings (SSSR count). The molecule has 2 nitrogen and oxygen atoms in total. The van der Waals surface area contributed by atoms with Crippen LogP contribution in [0.25, 0.3) is 10.1 Å². The SMILES string of the molecule is Cc1c(S(C)(=O)=O)sc2ccc(C(F)(F)F)cc12. The number of thiophene rings is 1. The lowest BCUT2D eigenvalue weighted by Crippen LogP contribution is -2.04. The molecule has 0 saturated carbocycles. The number of alkyl halides is 3. The van der Waals surface area contributed by atoms with Gasteiger partial charge in [0.25, 0.3) is 0 Å². The molecule has 0 aliphatic rings. The van der Waals surface area contributed by atoms with Gasteiger partial charge in [-0.15, -0.1) is 11.3 Å². The van der Waals surface area contributed by atoms with Crippen LogP contribution in [-0.4, -0.2) is 14.7 Å². The van der Waals surface area contributed by atoms with E-state index in [1.165, 1.54) is 13.0 Å². The third-order valence-electron chi connectivity index (χ3n) is 2.56. The number of fused-ring (bicyclic) bond motifs is 1. The van der Waals surface area contributed by atoms with Gasteiger partial charge in [0.15, 0.2) is 9.84 Å². The van der Waals surface area contributed by atoms with Crippen molar-refractivity contribution in [3.8, 4) is 0 Å². The molecule has 7 heteroatoms. The van der Waals surface area contributed by atoms with Crippen LogP contribution in [0, 0.1) is 6.92 Å². The van der Waals surface area contributed by atoms with Crippen LogP contribution < -0.4 is 0 Å². The third-order valence-corrected chi connectivity index (χ3v) is 5.76. The molecular formula is C11H9F3O2S2. The van der Waals surface area contributed by atoms with Crippen LogP contribution in [0.4, 0.5) is 13.2 Å². The van der Waals surface area contributed by atoms with Crippen LogP contribution in [-0.2, 0) is 16.0 Å². The maximum atomic E-state index is 12.6. The van der Waals surface area contributed by atoms with E-state index in [0.717, 1.165) is 29.7 Å². The molecule has 18 heavy (non-hydrogen) atoms. The molecular weight excluding hydrogens is 285 g/mol. The molecule has 0 bridgehead atoms. The van der Waals surface area contributed by atoms with E-state index >= 15 is 0 Å². The Balaban J connectivity index is 2.76. The summed E-state index contributed by atoms with van der Waals surface area (Å²) in [5.41, 5.74) is -0.389. The first-order chi connectivity index (χ1) is 8.10. The van der Waals surface area contributed by atoms with E-state index in [9.17, 15) is 21.6 Å². The normalized spacial score (nSPS) is 13.2. The highest BCUT2D eigenvalue weighted by molar-refractivity contribution is 7.93.